The van der Waals surface area contributed by atoms with E-state index in [9.17, 15) is 31.1 Å². The molecule has 3 heterocycles. The molecule has 2 aliphatic rings. The highest BCUT2D eigenvalue weighted by molar-refractivity contribution is 7.89. The number of nitrogens with two attached hydrogens (primary N) is 1. The quantitative estimate of drug-likeness (QED) is 0.295. The number of piperidine rings is 1. The Morgan fingerprint density at radius 1 is 1.19 bits per heavy atom. The van der Waals surface area contributed by atoms with Crippen LogP contribution in [0, 0.1) is 5.82 Å². The van der Waals surface area contributed by atoms with E-state index in [4.69, 9.17) is 14.6 Å². The molecule has 1 spiro atoms. The zero-order valence-corrected chi connectivity index (χ0v) is 25.2. The Hall–Kier alpha value is -2.92. The van der Waals surface area contributed by atoms with Crippen molar-refractivity contribution in [2.24, 2.45) is 5.14 Å². The lowest BCUT2D eigenvalue weighted by Gasteiger charge is -2.38. The van der Waals surface area contributed by atoms with Gasteiger partial charge in [-0.25, -0.2) is 26.4 Å². The van der Waals surface area contributed by atoms with E-state index in [1.165, 1.54) is 40.8 Å². The lowest BCUT2D eigenvalue weighted by Crippen LogP contribution is -2.47. The van der Waals surface area contributed by atoms with Crippen LogP contribution in [0.4, 0.5) is 4.39 Å². The van der Waals surface area contributed by atoms with Crippen LogP contribution in [0.2, 0.25) is 0 Å². The molecule has 1 aromatic heterocycles. The van der Waals surface area contributed by atoms with Gasteiger partial charge in [-0.05, 0) is 56.5 Å². The van der Waals surface area contributed by atoms with Crippen molar-refractivity contribution in [3.63, 3.8) is 0 Å². The molecule has 234 valence electrons. The van der Waals surface area contributed by atoms with Crippen molar-refractivity contribution in [2.75, 3.05) is 32.8 Å². The van der Waals surface area contributed by atoms with Gasteiger partial charge < -0.3 is 24.5 Å². The Bertz CT molecular complexity index is 1770. The molecule has 4 N–H and O–H groups in total. The topological polar surface area (TPSA) is 170 Å². The van der Waals surface area contributed by atoms with Gasteiger partial charge in [0.25, 0.3) is 0 Å². The number of nitrogens with one attached hydrogen (secondary N) is 1. The lowest BCUT2D eigenvalue weighted by molar-refractivity contribution is -0.0312. The van der Waals surface area contributed by atoms with E-state index >= 15 is 0 Å². The second kappa shape index (κ2) is 12.2. The number of primary sulfonamides is 1. The highest BCUT2D eigenvalue weighted by atomic mass is 32.2. The number of sulfonamides is 2. The summed E-state index contributed by atoms with van der Waals surface area (Å²) in [4.78, 5) is 12.7. The van der Waals surface area contributed by atoms with Gasteiger partial charge in [0, 0.05) is 49.9 Å². The smallest absolute Gasteiger partial charge is 0.248 e. The number of pyridine rings is 1. The molecule has 0 radical (unpaired) electrons. The van der Waals surface area contributed by atoms with Gasteiger partial charge in [0.05, 0.1) is 22.6 Å². The third kappa shape index (κ3) is 6.77. The molecule has 12 nitrogen and oxygen atoms in total. The largest absolute Gasteiger partial charge is 0.491 e. The summed E-state index contributed by atoms with van der Waals surface area (Å²) in [6.07, 6.45) is 1.91. The van der Waals surface area contributed by atoms with Gasteiger partial charge in [-0.1, -0.05) is 6.07 Å². The number of rotatable bonds is 10. The van der Waals surface area contributed by atoms with Gasteiger partial charge >= 0.3 is 0 Å². The van der Waals surface area contributed by atoms with Gasteiger partial charge in [0.1, 0.15) is 29.2 Å². The first kappa shape index (κ1) is 31.5. The normalized spacial score (nSPS) is 20.0. The van der Waals surface area contributed by atoms with E-state index in [1.54, 1.807) is 17.6 Å². The molecule has 2 unspecified atom stereocenters. The molecule has 2 fully saturated rings. The molecule has 2 saturated heterocycles. The maximum Gasteiger partial charge on any atom is 0.248 e. The van der Waals surface area contributed by atoms with Crippen LogP contribution in [0.25, 0.3) is 10.9 Å². The summed E-state index contributed by atoms with van der Waals surface area (Å²) in [5, 5.41) is 18.9. The summed E-state index contributed by atoms with van der Waals surface area (Å²) in [7, 11) is -7.97. The summed E-state index contributed by atoms with van der Waals surface area (Å²) in [6, 6.07) is 9.33. The Balaban J connectivity index is 1.16. The number of hydrogen-bond acceptors (Lipinski definition) is 9. The van der Waals surface area contributed by atoms with E-state index in [2.05, 4.69) is 5.32 Å². The fourth-order valence-corrected chi connectivity index (χ4v) is 7.77. The fourth-order valence-electron chi connectivity index (χ4n) is 5.67. The predicted octanol–water partition coefficient (Wildman–Crippen LogP) is 1.15. The molecule has 0 amide bonds. The van der Waals surface area contributed by atoms with Crippen molar-refractivity contribution in [2.45, 2.75) is 60.3 Å². The molecule has 2 atom stereocenters. The molecular weight excluding hydrogens is 603 g/mol. The van der Waals surface area contributed by atoms with Gasteiger partial charge in [-0.15, -0.1) is 0 Å². The maximum atomic E-state index is 13.8. The molecule has 5 rings (SSSR count). The second-order valence-electron chi connectivity index (χ2n) is 11.0. The summed E-state index contributed by atoms with van der Waals surface area (Å²) < 4.78 is 78.5. The lowest BCUT2D eigenvalue weighted by atomic mass is 9.88. The number of aryl methyl sites for hydroxylation is 1. The summed E-state index contributed by atoms with van der Waals surface area (Å²) >= 11 is 0. The van der Waals surface area contributed by atoms with Crippen LogP contribution >= 0.6 is 0 Å². The highest BCUT2D eigenvalue weighted by Crippen LogP contribution is 2.37. The molecule has 2 aromatic carbocycles. The van der Waals surface area contributed by atoms with Crippen LogP contribution in [-0.4, -0.2) is 81.4 Å². The molecule has 15 heteroatoms. The van der Waals surface area contributed by atoms with Crippen molar-refractivity contribution in [1.82, 2.24) is 14.2 Å². The SMILES string of the molecule is CCn1cc(S(=O)(=O)N2CCC3(CC2)CC(NCC(O)COc2cccc(S(N)(=O)=O)c2)CO3)c(=O)c2ccc(F)cc21. The molecule has 0 bridgehead atoms. The Labute approximate surface area is 249 Å². The van der Waals surface area contributed by atoms with Crippen LogP contribution in [0.15, 0.2) is 63.2 Å². The maximum absolute atomic E-state index is 13.8. The number of hydrogen-bond donors (Lipinski definition) is 3. The Morgan fingerprint density at radius 3 is 2.63 bits per heavy atom. The third-order valence-electron chi connectivity index (χ3n) is 8.03. The first-order valence-electron chi connectivity index (χ1n) is 14.0. The number of ether oxygens (including phenoxy) is 2. The van der Waals surface area contributed by atoms with Gasteiger partial charge in [-0.2, -0.15) is 4.31 Å². The minimum absolute atomic E-state index is 0.0684. The number of aliphatic hydroxyl groups excluding tert-OH is 1. The molecule has 0 aliphatic carbocycles. The molecule has 0 saturated carbocycles. The molecule has 2 aliphatic heterocycles. The zero-order valence-electron chi connectivity index (χ0n) is 23.6. The van der Waals surface area contributed by atoms with Gasteiger partial charge in [0.15, 0.2) is 0 Å². The van der Waals surface area contributed by atoms with E-state index in [-0.39, 0.29) is 53.2 Å². The number of benzene rings is 2. The number of nitrogens with zero attached hydrogens (tertiary/aromatic N) is 2. The van der Waals surface area contributed by atoms with Crippen LogP contribution in [0.3, 0.4) is 0 Å². The molecule has 3 aromatic rings. The summed E-state index contributed by atoms with van der Waals surface area (Å²) in [5.41, 5.74) is -0.833. The number of aromatic nitrogens is 1. The molecule has 43 heavy (non-hydrogen) atoms. The fraction of sp³-hybridized carbons (Fsp3) is 0.464. The first-order chi connectivity index (χ1) is 20.3. The van der Waals surface area contributed by atoms with Crippen molar-refractivity contribution in [3.8, 4) is 5.75 Å². The van der Waals surface area contributed by atoms with Crippen LogP contribution < -0.4 is 20.6 Å². The first-order valence-corrected chi connectivity index (χ1v) is 16.9. The Kier molecular flexibility index (Phi) is 8.96. The minimum atomic E-state index is -4.10. The van der Waals surface area contributed by atoms with E-state index in [0.29, 0.717) is 37.9 Å². The van der Waals surface area contributed by atoms with Crippen LogP contribution in [0.1, 0.15) is 26.2 Å². The van der Waals surface area contributed by atoms with Gasteiger partial charge in [0.2, 0.25) is 25.5 Å². The number of aliphatic hydroxyl groups is 1. The summed E-state index contributed by atoms with van der Waals surface area (Å²) in [6.45, 7) is 3.02. The van der Waals surface area contributed by atoms with Crippen molar-refractivity contribution < 1.29 is 35.8 Å². The van der Waals surface area contributed by atoms with Crippen molar-refractivity contribution in [3.05, 3.63) is 64.7 Å². The average molecular weight is 639 g/mol. The van der Waals surface area contributed by atoms with Crippen molar-refractivity contribution in [1.29, 1.82) is 0 Å². The summed E-state index contributed by atoms with van der Waals surface area (Å²) in [5.74, 6) is -0.243. The monoisotopic (exact) mass is 638 g/mol. The second-order valence-corrected chi connectivity index (χ2v) is 14.4. The highest BCUT2D eigenvalue weighted by Gasteiger charge is 2.45. The van der Waals surface area contributed by atoms with Crippen LogP contribution in [-0.2, 0) is 31.3 Å². The average Bonchev–Trinajstić information content (AvgIpc) is 3.37. The predicted molar refractivity (Wildman–Crippen MR) is 156 cm³/mol. The minimum Gasteiger partial charge on any atom is -0.491 e. The molecular formula is C28H35FN4O8S2. The standard InChI is InChI=1S/C28H35FN4O8S2/c1-2-32-16-26(27(35)24-7-6-19(29)12-25(24)32)43(38,39)33-10-8-28(9-11-33)14-20(17-41-28)31-15-21(34)18-40-22-4-3-5-23(13-22)42(30,36)37/h3-7,12-13,16,20-21,31,34H,2,8-11,14-15,17-18H2,1H3,(H2,30,36,37). The van der Waals surface area contributed by atoms with Crippen molar-refractivity contribution >= 4 is 30.9 Å². The van der Waals surface area contributed by atoms with E-state index in [0.717, 1.165) is 6.07 Å². The third-order valence-corrected chi connectivity index (χ3v) is 10.8. The zero-order chi connectivity index (χ0) is 31.0. The van der Waals surface area contributed by atoms with E-state index in [1.807, 2.05) is 0 Å². The van der Waals surface area contributed by atoms with E-state index < -0.39 is 43.0 Å². The number of fused-ring (bicyclic) bond motifs is 1. The number of halogens is 1. The van der Waals surface area contributed by atoms with Gasteiger partial charge in [-0.3, -0.25) is 4.79 Å². The van der Waals surface area contributed by atoms with Crippen LogP contribution in [0.5, 0.6) is 5.75 Å². The Morgan fingerprint density at radius 2 is 1.93 bits per heavy atom.